The van der Waals surface area contributed by atoms with Crippen LogP contribution in [0.1, 0.15) is 26.3 Å². The number of nitrogens with zero attached hydrogens (tertiary/aromatic N) is 1. The van der Waals surface area contributed by atoms with E-state index in [0.29, 0.717) is 24.6 Å². The average molecular weight is 273 g/mol. The quantitative estimate of drug-likeness (QED) is 0.626. The summed E-state index contributed by atoms with van der Waals surface area (Å²) in [5.74, 6) is -0.251. The van der Waals surface area contributed by atoms with E-state index in [9.17, 15) is 9.59 Å². The van der Waals surface area contributed by atoms with Crippen LogP contribution in [-0.4, -0.2) is 25.0 Å². The average Bonchev–Trinajstić information content (AvgIpc) is 2.65. The SMILES string of the molecule is CCOC(=O)/C=C1/C(=O)N(CC(C)C)c2ccccc21. The van der Waals surface area contributed by atoms with Crippen LogP contribution in [0.5, 0.6) is 0 Å². The Morgan fingerprint density at radius 1 is 1.35 bits per heavy atom. The van der Waals surface area contributed by atoms with Crippen molar-refractivity contribution in [3.8, 4) is 0 Å². The molecule has 0 bridgehead atoms. The molecular weight excluding hydrogens is 254 g/mol. The van der Waals surface area contributed by atoms with Gasteiger partial charge in [0.15, 0.2) is 0 Å². The molecule has 106 valence electrons. The number of carbonyl (C=O) groups is 2. The van der Waals surface area contributed by atoms with Gasteiger partial charge in [-0.25, -0.2) is 4.79 Å². The number of fused-ring (bicyclic) bond motifs is 1. The molecule has 0 saturated carbocycles. The molecule has 1 aromatic carbocycles. The van der Waals surface area contributed by atoms with Crippen molar-refractivity contribution in [3.05, 3.63) is 35.9 Å². The van der Waals surface area contributed by atoms with Crippen LogP contribution < -0.4 is 4.90 Å². The molecule has 0 saturated heterocycles. The fourth-order valence-corrected chi connectivity index (χ4v) is 2.29. The molecule has 1 aliphatic heterocycles. The van der Waals surface area contributed by atoms with Crippen LogP contribution in [0.2, 0.25) is 0 Å². The summed E-state index contributed by atoms with van der Waals surface area (Å²) in [6.07, 6.45) is 1.30. The highest BCUT2D eigenvalue weighted by Crippen LogP contribution is 2.36. The molecule has 4 heteroatoms. The third-order valence-electron chi connectivity index (χ3n) is 3.06. The van der Waals surface area contributed by atoms with E-state index < -0.39 is 5.97 Å². The summed E-state index contributed by atoms with van der Waals surface area (Å²) in [5, 5.41) is 0. The topological polar surface area (TPSA) is 46.6 Å². The molecular formula is C16H19NO3. The number of rotatable bonds is 4. The Labute approximate surface area is 119 Å². The van der Waals surface area contributed by atoms with Gasteiger partial charge in [0.05, 0.1) is 17.9 Å². The second kappa shape index (κ2) is 5.90. The van der Waals surface area contributed by atoms with E-state index >= 15 is 0 Å². The highest BCUT2D eigenvalue weighted by Gasteiger charge is 2.32. The van der Waals surface area contributed by atoms with Crippen molar-refractivity contribution in [1.82, 2.24) is 0 Å². The first-order valence-corrected chi connectivity index (χ1v) is 6.84. The van der Waals surface area contributed by atoms with Crippen molar-refractivity contribution in [2.75, 3.05) is 18.1 Å². The number of hydrogen-bond acceptors (Lipinski definition) is 3. The van der Waals surface area contributed by atoms with Crippen molar-refractivity contribution in [1.29, 1.82) is 0 Å². The van der Waals surface area contributed by atoms with Gasteiger partial charge in [0, 0.05) is 18.2 Å². The lowest BCUT2D eigenvalue weighted by Crippen LogP contribution is -2.30. The third-order valence-corrected chi connectivity index (χ3v) is 3.06. The van der Waals surface area contributed by atoms with Crippen LogP contribution in [0.15, 0.2) is 30.3 Å². The fourth-order valence-electron chi connectivity index (χ4n) is 2.29. The molecule has 0 fully saturated rings. The molecule has 1 amide bonds. The Morgan fingerprint density at radius 3 is 2.70 bits per heavy atom. The molecule has 20 heavy (non-hydrogen) atoms. The summed E-state index contributed by atoms with van der Waals surface area (Å²) < 4.78 is 4.90. The molecule has 1 heterocycles. The summed E-state index contributed by atoms with van der Waals surface area (Å²) in [7, 11) is 0. The lowest BCUT2D eigenvalue weighted by atomic mass is 10.1. The van der Waals surface area contributed by atoms with Crippen LogP contribution >= 0.6 is 0 Å². The van der Waals surface area contributed by atoms with Gasteiger partial charge in [0.1, 0.15) is 0 Å². The molecule has 0 radical (unpaired) electrons. The molecule has 1 aromatic rings. The van der Waals surface area contributed by atoms with Crippen molar-refractivity contribution >= 4 is 23.1 Å². The zero-order chi connectivity index (χ0) is 14.7. The highest BCUT2D eigenvalue weighted by molar-refractivity contribution is 6.34. The minimum absolute atomic E-state index is 0.132. The van der Waals surface area contributed by atoms with Crippen molar-refractivity contribution in [2.45, 2.75) is 20.8 Å². The number of hydrogen-bond donors (Lipinski definition) is 0. The Morgan fingerprint density at radius 2 is 2.05 bits per heavy atom. The molecule has 0 N–H and O–H groups in total. The normalized spacial score (nSPS) is 15.9. The molecule has 0 unspecified atom stereocenters. The molecule has 1 aliphatic rings. The minimum Gasteiger partial charge on any atom is -0.463 e. The summed E-state index contributed by atoms with van der Waals surface area (Å²) in [6.45, 7) is 6.79. The second-order valence-electron chi connectivity index (χ2n) is 5.14. The van der Waals surface area contributed by atoms with Crippen LogP contribution in [0.4, 0.5) is 5.69 Å². The van der Waals surface area contributed by atoms with Gasteiger partial charge < -0.3 is 9.64 Å². The van der Waals surface area contributed by atoms with Gasteiger partial charge in [0.2, 0.25) is 0 Å². The molecule has 0 spiro atoms. The summed E-state index contributed by atoms with van der Waals surface area (Å²) in [5.41, 5.74) is 2.08. The van der Waals surface area contributed by atoms with E-state index in [4.69, 9.17) is 4.74 Å². The number of carbonyl (C=O) groups excluding carboxylic acids is 2. The number of benzene rings is 1. The monoisotopic (exact) mass is 273 g/mol. The van der Waals surface area contributed by atoms with Crippen LogP contribution in [0.25, 0.3) is 5.57 Å². The van der Waals surface area contributed by atoms with Gasteiger partial charge >= 0.3 is 5.97 Å². The van der Waals surface area contributed by atoms with Gasteiger partial charge in [-0.15, -0.1) is 0 Å². The maximum Gasteiger partial charge on any atom is 0.331 e. The zero-order valence-electron chi connectivity index (χ0n) is 12.1. The van der Waals surface area contributed by atoms with E-state index in [1.807, 2.05) is 24.3 Å². The van der Waals surface area contributed by atoms with Gasteiger partial charge in [-0.3, -0.25) is 4.79 Å². The van der Waals surface area contributed by atoms with Crippen molar-refractivity contribution in [3.63, 3.8) is 0 Å². The van der Waals surface area contributed by atoms with Gasteiger partial charge in [-0.1, -0.05) is 32.0 Å². The Bertz CT molecular complexity index is 561. The largest absolute Gasteiger partial charge is 0.463 e. The standard InChI is InChI=1S/C16H19NO3/c1-4-20-15(18)9-13-12-7-5-6-8-14(12)17(16(13)19)10-11(2)3/h5-9,11H,4,10H2,1-3H3/b13-9+. The van der Waals surface area contributed by atoms with Crippen LogP contribution in [-0.2, 0) is 14.3 Å². The van der Waals surface area contributed by atoms with Gasteiger partial charge in [-0.2, -0.15) is 0 Å². The fraction of sp³-hybridized carbons (Fsp3) is 0.375. The third kappa shape index (κ3) is 2.74. The van der Waals surface area contributed by atoms with E-state index in [1.54, 1.807) is 11.8 Å². The first kappa shape index (κ1) is 14.3. The Hall–Kier alpha value is -2.10. The molecule has 0 atom stereocenters. The summed E-state index contributed by atoms with van der Waals surface area (Å²) >= 11 is 0. The first-order valence-electron chi connectivity index (χ1n) is 6.84. The lowest BCUT2D eigenvalue weighted by Gasteiger charge is -2.19. The minimum atomic E-state index is -0.475. The maximum atomic E-state index is 12.5. The lowest BCUT2D eigenvalue weighted by molar-refractivity contribution is -0.137. The van der Waals surface area contributed by atoms with E-state index in [2.05, 4.69) is 13.8 Å². The van der Waals surface area contributed by atoms with E-state index in [0.717, 1.165) is 11.3 Å². The van der Waals surface area contributed by atoms with Gasteiger partial charge in [0.25, 0.3) is 5.91 Å². The van der Waals surface area contributed by atoms with Crippen molar-refractivity contribution in [2.24, 2.45) is 5.92 Å². The predicted octanol–water partition coefficient (Wildman–Crippen LogP) is 2.64. The summed E-state index contributed by atoms with van der Waals surface area (Å²) in [6, 6.07) is 7.52. The molecule has 0 aliphatic carbocycles. The van der Waals surface area contributed by atoms with E-state index in [-0.39, 0.29) is 5.91 Å². The number of esters is 1. The van der Waals surface area contributed by atoms with Gasteiger partial charge in [-0.05, 0) is 18.9 Å². The number of para-hydroxylation sites is 1. The number of anilines is 1. The number of amides is 1. The molecule has 2 rings (SSSR count). The number of ether oxygens (including phenoxy) is 1. The Kier molecular flexibility index (Phi) is 4.23. The highest BCUT2D eigenvalue weighted by atomic mass is 16.5. The van der Waals surface area contributed by atoms with Crippen LogP contribution in [0, 0.1) is 5.92 Å². The predicted molar refractivity (Wildman–Crippen MR) is 78.2 cm³/mol. The zero-order valence-corrected chi connectivity index (χ0v) is 12.1. The van der Waals surface area contributed by atoms with E-state index in [1.165, 1.54) is 6.08 Å². The smallest absolute Gasteiger partial charge is 0.331 e. The second-order valence-corrected chi connectivity index (χ2v) is 5.14. The Balaban J connectivity index is 2.40. The van der Waals surface area contributed by atoms with Crippen molar-refractivity contribution < 1.29 is 14.3 Å². The maximum absolute atomic E-state index is 12.5. The van der Waals surface area contributed by atoms with Crippen LogP contribution in [0.3, 0.4) is 0 Å². The summed E-state index contributed by atoms with van der Waals surface area (Å²) in [4.78, 5) is 25.8. The first-order chi connectivity index (χ1) is 9.54. The molecule has 0 aromatic heterocycles. The molecule has 4 nitrogen and oxygen atoms in total.